The summed E-state index contributed by atoms with van der Waals surface area (Å²) in [5, 5.41) is 13.4. The minimum atomic E-state index is -4.01. The first-order valence-corrected chi connectivity index (χ1v) is 10.9. The van der Waals surface area contributed by atoms with Crippen LogP contribution in [-0.4, -0.2) is 25.2 Å². The number of benzene rings is 3. The zero-order chi connectivity index (χ0) is 22.2. The van der Waals surface area contributed by atoms with Gasteiger partial charge in [0.2, 0.25) is 0 Å². The number of aliphatic hydroxyl groups is 1. The molecule has 0 aliphatic carbocycles. The van der Waals surface area contributed by atoms with E-state index in [4.69, 9.17) is 4.18 Å². The number of rotatable bonds is 6. The molecule has 0 aromatic heterocycles. The molecule has 1 amide bonds. The number of ketones is 1. The number of hydrogen-bond donors (Lipinski definition) is 2. The summed E-state index contributed by atoms with van der Waals surface area (Å²) in [6.07, 6.45) is -0.447. The van der Waals surface area contributed by atoms with E-state index in [1.165, 1.54) is 36.4 Å². The van der Waals surface area contributed by atoms with Crippen molar-refractivity contribution in [1.29, 1.82) is 0 Å². The van der Waals surface area contributed by atoms with Gasteiger partial charge in [0.15, 0.2) is 11.4 Å². The smallest absolute Gasteiger partial charge is 0.339 e. The van der Waals surface area contributed by atoms with Crippen molar-refractivity contribution < 1.29 is 27.3 Å². The molecule has 1 aliphatic rings. The quantitative estimate of drug-likeness (QED) is 0.453. The lowest BCUT2D eigenvalue weighted by Gasteiger charge is -2.20. The first kappa shape index (κ1) is 20.8. The van der Waals surface area contributed by atoms with Crippen LogP contribution < -0.4 is 9.50 Å². The van der Waals surface area contributed by atoms with Crippen LogP contribution >= 0.6 is 0 Å². The standard InChI is InChI=1S/C23H19NO6S/c1-15-6-12-18(13-7-15)31(28,29)30-17-10-8-16(9-11-17)21(25)14-23(27)19-4-2-3-5-20(19)24-22(23)26/h2-13,27H,14H2,1H3,(H,24,26)/t23-/m0/s1. The van der Waals surface area contributed by atoms with Crippen LogP contribution in [-0.2, 0) is 20.5 Å². The summed E-state index contributed by atoms with van der Waals surface area (Å²) in [6.45, 7) is 1.84. The van der Waals surface area contributed by atoms with Gasteiger partial charge in [-0.3, -0.25) is 9.59 Å². The highest BCUT2D eigenvalue weighted by Gasteiger charge is 2.46. The van der Waals surface area contributed by atoms with Gasteiger partial charge in [-0.25, -0.2) is 0 Å². The van der Waals surface area contributed by atoms with E-state index < -0.39 is 33.8 Å². The molecule has 7 nitrogen and oxygen atoms in total. The van der Waals surface area contributed by atoms with E-state index in [9.17, 15) is 23.1 Å². The average molecular weight is 437 g/mol. The summed E-state index contributed by atoms with van der Waals surface area (Å²) >= 11 is 0. The van der Waals surface area contributed by atoms with Gasteiger partial charge < -0.3 is 14.6 Å². The molecule has 0 saturated carbocycles. The Morgan fingerprint density at radius 1 is 1.00 bits per heavy atom. The Morgan fingerprint density at radius 3 is 2.32 bits per heavy atom. The van der Waals surface area contributed by atoms with Crippen LogP contribution in [0.1, 0.15) is 27.9 Å². The van der Waals surface area contributed by atoms with Crippen molar-refractivity contribution in [3.05, 3.63) is 89.5 Å². The minimum Gasteiger partial charge on any atom is -0.379 e. The summed E-state index contributed by atoms with van der Waals surface area (Å²) in [5.74, 6) is -1.09. The molecule has 1 atom stereocenters. The molecular weight excluding hydrogens is 418 g/mol. The molecule has 3 aromatic rings. The van der Waals surface area contributed by atoms with E-state index in [0.29, 0.717) is 11.3 Å². The highest BCUT2D eigenvalue weighted by molar-refractivity contribution is 7.87. The average Bonchev–Trinajstić information content (AvgIpc) is 2.98. The number of para-hydroxylation sites is 1. The van der Waals surface area contributed by atoms with Gasteiger partial charge in [0.05, 0.1) is 6.42 Å². The number of Topliss-reactive ketones (excluding diaryl/α,β-unsaturated/α-hetero) is 1. The number of hydrogen-bond acceptors (Lipinski definition) is 6. The third-order valence-corrected chi connectivity index (χ3v) is 6.37. The number of fused-ring (bicyclic) bond motifs is 1. The monoisotopic (exact) mass is 437 g/mol. The number of carbonyl (C=O) groups excluding carboxylic acids is 2. The number of aryl methyl sites for hydroxylation is 1. The van der Waals surface area contributed by atoms with E-state index in [1.807, 2.05) is 6.92 Å². The molecule has 0 saturated heterocycles. The maximum absolute atomic E-state index is 12.7. The predicted molar refractivity (Wildman–Crippen MR) is 113 cm³/mol. The molecule has 8 heteroatoms. The lowest BCUT2D eigenvalue weighted by Crippen LogP contribution is -2.36. The second-order valence-corrected chi connectivity index (χ2v) is 8.88. The van der Waals surface area contributed by atoms with E-state index >= 15 is 0 Å². The number of amides is 1. The van der Waals surface area contributed by atoms with Crippen LogP contribution in [0.5, 0.6) is 5.75 Å². The van der Waals surface area contributed by atoms with E-state index in [1.54, 1.807) is 36.4 Å². The zero-order valence-electron chi connectivity index (χ0n) is 16.5. The SMILES string of the molecule is Cc1ccc(S(=O)(=O)Oc2ccc(C(=O)C[C@@]3(O)C(=O)Nc4ccccc43)cc2)cc1. The molecular formula is C23H19NO6S. The van der Waals surface area contributed by atoms with E-state index in [2.05, 4.69) is 5.32 Å². The fraction of sp³-hybridized carbons (Fsp3) is 0.130. The predicted octanol–water partition coefficient (Wildman–Crippen LogP) is 3.18. The van der Waals surface area contributed by atoms with E-state index in [0.717, 1.165) is 5.56 Å². The summed E-state index contributed by atoms with van der Waals surface area (Å²) in [4.78, 5) is 25.0. The molecule has 0 fully saturated rings. The van der Waals surface area contributed by atoms with Crippen molar-refractivity contribution in [3.63, 3.8) is 0 Å². The number of anilines is 1. The molecule has 31 heavy (non-hydrogen) atoms. The van der Waals surface area contributed by atoms with Gasteiger partial charge in [-0.05, 0) is 49.4 Å². The summed E-state index contributed by atoms with van der Waals surface area (Å²) in [6, 6.07) is 18.4. The van der Waals surface area contributed by atoms with Crippen molar-refractivity contribution in [1.82, 2.24) is 0 Å². The fourth-order valence-electron chi connectivity index (χ4n) is 3.39. The molecule has 158 valence electrons. The molecule has 0 radical (unpaired) electrons. The zero-order valence-corrected chi connectivity index (χ0v) is 17.3. The molecule has 2 N–H and O–H groups in total. The Bertz CT molecular complexity index is 1270. The van der Waals surface area contributed by atoms with E-state index in [-0.39, 0.29) is 16.2 Å². The lowest BCUT2D eigenvalue weighted by molar-refractivity contribution is -0.133. The first-order valence-electron chi connectivity index (χ1n) is 9.47. The van der Waals surface area contributed by atoms with Gasteiger partial charge in [0.1, 0.15) is 10.6 Å². The van der Waals surface area contributed by atoms with Gasteiger partial charge in [-0.1, -0.05) is 35.9 Å². The highest BCUT2D eigenvalue weighted by atomic mass is 32.2. The number of carbonyl (C=O) groups is 2. The van der Waals surface area contributed by atoms with Crippen molar-refractivity contribution in [2.75, 3.05) is 5.32 Å². The summed E-state index contributed by atoms with van der Waals surface area (Å²) in [5.41, 5.74) is -0.0180. The van der Waals surface area contributed by atoms with Gasteiger partial charge in [0.25, 0.3) is 5.91 Å². The van der Waals surface area contributed by atoms with Crippen LogP contribution in [0, 0.1) is 6.92 Å². The Kier molecular flexibility index (Phi) is 5.12. The van der Waals surface area contributed by atoms with Crippen LogP contribution in [0.3, 0.4) is 0 Å². The maximum atomic E-state index is 12.7. The topological polar surface area (TPSA) is 110 Å². The fourth-order valence-corrected chi connectivity index (χ4v) is 4.32. The van der Waals surface area contributed by atoms with Gasteiger partial charge in [-0.2, -0.15) is 8.42 Å². The van der Waals surface area contributed by atoms with Crippen LogP contribution in [0.25, 0.3) is 0 Å². The molecule has 0 bridgehead atoms. The second-order valence-electron chi connectivity index (χ2n) is 7.33. The molecule has 1 aliphatic heterocycles. The largest absolute Gasteiger partial charge is 0.379 e. The minimum absolute atomic E-state index is 0.0198. The third-order valence-electron chi connectivity index (χ3n) is 5.10. The van der Waals surface area contributed by atoms with Crippen LogP contribution in [0.2, 0.25) is 0 Å². The summed E-state index contributed by atoms with van der Waals surface area (Å²) < 4.78 is 29.9. The normalized spacial score (nSPS) is 17.7. The maximum Gasteiger partial charge on any atom is 0.339 e. The molecule has 0 unspecified atom stereocenters. The highest BCUT2D eigenvalue weighted by Crippen LogP contribution is 2.38. The lowest BCUT2D eigenvalue weighted by atomic mass is 9.88. The van der Waals surface area contributed by atoms with Crippen molar-refractivity contribution in [2.45, 2.75) is 23.8 Å². The van der Waals surface area contributed by atoms with Gasteiger partial charge in [0, 0.05) is 16.8 Å². The Morgan fingerprint density at radius 2 is 1.65 bits per heavy atom. The van der Waals surface area contributed by atoms with Gasteiger partial charge in [-0.15, -0.1) is 0 Å². The first-order chi connectivity index (χ1) is 14.7. The van der Waals surface area contributed by atoms with Crippen LogP contribution in [0.15, 0.2) is 77.7 Å². The van der Waals surface area contributed by atoms with Crippen molar-refractivity contribution in [3.8, 4) is 5.75 Å². The molecule has 3 aromatic carbocycles. The summed E-state index contributed by atoms with van der Waals surface area (Å²) in [7, 11) is -4.01. The Labute approximate surface area is 179 Å². The molecule has 1 heterocycles. The third kappa shape index (κ3) is 3.95. The Hall–Kier alpha value is -3.49. The van der Waals surface area contributed by atoms with Gasteiger partial charge >= 0.3 is 10.1 Å². The number of nitrogens with one attached hydrogen (secondary N) is 1. The second kappa shape index (κ2) is 7.64. The molecule has 0 spiro atoms. The van der Waals surface area contributed by atoms with Crippen molar-refractivity contribution >= 4 is 27.5 Å². The van der Waals surface area contributed by atoms with Crippen molar-refractivity contribution in [2.24, 2.45) is 0 Å². The molecule has 4 rings (SSSR count). The van der Waals surface area contributed by atoms with Crippen LogP contribution in [0.4, 0.5) is 5.69 Å². The Balaban J connectivity index is 1.50.